The predicted molar refractivity (Wildman–Crippen MR) is 97.0 cm³/mol. The average molecular weight is 354 g/mol. The number of ketones is 1. The number of carbonyl (C=O) groups is 2. The van der Waals surface area contributed by atoms with Crippen LogP contribution in [-0.2, 0) is 9.59 Å². The van der Waals surface area contributed by atoms with Crippen LogP contribution in [0.2, 0.25) is 0 Å². The lowest BCUT2D eigenvalue weighted by Gasteiger charge is -2.17. The Morgan fingerprint density at radius 1 is 1.16 bits per heavy atom. The number of aliphatic carboxylic acids is 1. The molecule has 0 aromatic heterocycles. The van der Waals surface area contributed by atoms with Gasteiger partial charge in [0.1, 0.15) is 5.78 Å². The van der Waals surface area contributed by atoms with Crippen LogP contribution in [-0.4, -0.2) is 32.9 Å². The van der Waals surface area contributed by atoms with Gasteiger partial charge in [-0.3, -0.25) is 4.79 Å². The first-order chi connectivity index (χ1) is 11.9. The lowest BCUT2D eigenvalue weighted by molar-refractivity contribution is -0.205. The van der Waals surface area contributed by atoms with Crippen LogP contribution in [0.3, 0.4) is 0 Å². The Morgan fingerprint density at radius 2 is 1.88 bits per heavy atom. The number of hydrogen-bond acceptors (Lipinski definition) is 4. The largest absolute Gasteiger partial charge is 0.477 e. The molecule has 0 radical (unpaired) electrons. The maximum Gasteiger partial charge on any atom is 0.364 e. The van der Waals surface area contributed by atoms with E-state index in [-0.39, 0.29) is 12.3 Å². The summed E-state index contributed by atoms with van der Waals surface area (Å²) in [5.41, 5.74) is 0. The van der Waals surface area contributed by atoms with E-state index >= 15 is 0 Å². The van der Waals surface area contributed by atoms with Gasteiger partial charge in [0, 0.05) is 18.8 Å². The summed E-state index contributed by atoms with van der Waals surface area (Å²) in [6, 6.07) is 0. The van der Waals surface area contributed by atoms with Crippen molar-refractivity contribution in [1.82, 2.24) is 0 Å². The van der Waals surface area contributed by atoms with E-state index in [1.54, 1.807) is 0 Å². The molecule has 0 unspecified atom stereocenters. The molecule has 1 fully saturated rings. The lowest BCUT2D eigenvalue weighted by Crippen LogP contribution is -2.37. The summed E-state index contributed by atoms with van der Waals surface area (Å²) in [4.78, 5) is 22.7. The van der Waals surface area contributed by atoms with Gasteiger partial charge in [-0.15, -0.1) is 0 Å². The number of carboxylic acids is 1. The fraction of sp³-hybridized carbons (Fsp3) is 0.800. The Labute approximate surface area is 151 Å². The molecule has 0 bridgehead atoms. The number of hydrogen-bond donors (Lipinski definition) is 3. The first-order valence-corrected chi connectivity index (χ1v) is 9.76. The van der Waals surface area contributed by atoms with Crippen molar-refractivity contribution in [3.63, 3.8) is 0 Å². The number of allylic oxidation sites excluding steroid dienone is 2. The van der Waals surface area contributed by atoms with Gasteiger partial charge < -0.3 is 15.3 Å². The fourth-order valence-electron chi connectivity index (χ4n) is 3.52. The second kappa shape index (κ2) is 11.4. The molecule has 0 aromatic rings. The minimum Gasteiger partial charge on any atom is -0.477 e. The zero-order chi connectivity index (χ0) is 18.7. The van der Waals surface area contributed by atoms with Gasteiger partial charge in [0.15, 0.2) is 0 Å². The Balaban J connectivity index is 2.26. The highest BCUT2D eigenvalue weighted by atomic mass is 16.5. The van der Waals surface area contributed by atoms with Crippen molar-refractivity contribution in [3.05, 3.63) is 12.2 Å². The molecule has 1 saturated carbocycles. The van der Waals surface area contributed by atoms with Crippen LogP contribution in [0.5, 0.6) is 0 Å². The summed E-state index contributed by atoms with van der Waals surface area (Å²) >= 11 is 0. The van der Waals surface area contributed by atoms with Crippen molar-refractivity contribution in [2.75, 3.05) is 0 Å². The van der Waals surface area contributed by atoms with Crippen molar-refractivity contribution in [3.8, 4) is 0 Å². The standard InChI is InChI=1S/C20H34O5/c1-2-3-4-5-6-8-11-16-13-14-18(21)17(16)12-9-7-10-15-20(24,25)19(22)23/h8,11,16-17,24-25H,2-7,9-10,12-15H2,1H3,(H,22,23)/b11-8-/t16-,17+/m0/s1. The molecule has 0 heterocycles. The molecule has 5 nitrogen and oxygen atoms in total. The Morgan fingerprint density at radius 3 is 2.56 bits per heavy atom. The third-order valence-corrected chi connectivity index (χ3v) is 5.15. The average Bonchev–Trinajstić information content (AvgIpc) is 2.90. The highest BCUT2D eigenvalue weighted by Crippen LogP contribution is 2.34. The maximum atomic E-state index is 12.1. The van der Waals surface area contributed by atoms with E-state index in [4.69, 9.17) is 5.11 Å². The molecule has 5 heteroatoms. The van der Waals surface area contributed by atoms with Crippen LogP contribution in [0, 0.1) is 11.8 Å². The first-order valence-electron chi connectivity index (χ1n) is 9.76. The zero-order valence-corrected chi connectivity index (χ0v) is 15.5. The molecule has 0 spiro atoms. The Hall–Kier alpha value is -1.20. The number of carboxylic acid groups (broad SMARTS) is 1. The summed E-state index contributed by atoms with van der Waals surface area (Å²) in [5.74, 6) is -3.48. The molecule has 0 aromatic carbocycles. The molecular weight excluding hydrogens is 320 g/mol. The molecule has 0 saturated heterocycles. The fourth-order valence-corrected chi connectivity index (χ4v) is 3.52. The molecule has 1 rings (SSSR count). The number of unbranched alkanes of at least 4 members (excludes halogenated alkanes) is 6. The smallest absolute Gasteiger partial charge is 0.364 e. The topological polar surface area (TPSA) is 94.8 Å². The number of Topliss-reactive ketones (excluding diaryl/α,β-unsaturated/α-hetero) is 1. The van der Waals surface area contributed by atoms with E-state index < -0.39 is 11.8 Å². The molecule has 3 N–H and O–H groups in total. The highest BCUT2D eigenvalue weighted by Gasteiger charge is 2.33. The molecule has 0 amide bonds. The van der Waals surface area contributed by atoms with Gasteiger partial charge in [0.2, 0.25) is 0 Å². The number of carbonyl (C=O) groups excluding carboxylic acids is 1. The van der Waals surface area contributed by atoms with Gasteiger partial charge in [-0.25, -0.2) is 4.79 Å². The highest BCUT2D eigenvalue weighted by molar-refractivity contribution is 5.83. The molecule has 0 aliphatic heterocycles. The van der Waals surface area contributed by atoms with Crippen molar-refractivity contribution in [2.24, 2.45) is 11.8 Å². The van der Waals surface area contributed by atoms with Crippen LogP contribution in [0.15, 0.2) is 12.2 Å². The summed E-state index contributed by atoms with van der Waals surface area (Å²) in [7, 11) is 0. The first kappa shape index (κ1) is 21.8. The quantitative estimate of drug-likeness (QED) is 0.265. The van der Waals surface area contributed by atoms with Gasteiger partial charge in [-0.2, -0.15) is 0 Å². The normalized spacial score (nSPS) is 21.3. The second-order valence-electron chi connectivity index (χ2n) is 7.27. The van der Waals surface area contributed by atoms with Crippen LogP contribution in [0.4, 0.5) is 0 Å². The van der Waals surface area contributed by atoms with Gasteiger partial charge >= 0.3 is 5.97 Å². The molecular formula is C20H34O5. The minimum absolute atomic E-state index is 0.0828. The van der Waals surface area contributed by atoms with Crippen LogP contribution >= 0.6 is 0 Å². The van der Waals surface area contributed by atoms with Gasteiger partial charge in [-0.05, 0) is 38.0 Å². The van der Waals surface area contributed by atoms with E-state index in [0.717, 1.165) is 25.7 Å². The third kappa shape index (κ3) is 8.15. The second-order valence-corrected chi connectivity index (χ2v) is 7.27. The van der Waals surface area contributed by atoms with E-state index in [1.165, 1.54) is 25.7 Å². The van der Waals surface area contributed by atoms with E-state index in [9.17, 15) is 19.8 Å². The number of rotatable bonds is 13. The Kier molecular flexibility index (Phi) is 9.98. The molecule has 2 atom stereocenters. The van der Waals surface area contributed by atoms with Crippen LogP contribution in [0.1, 0.15) is 84.0 Å². The van der Waals surface area contributed by atoms with Crippen molar-refractivity contribution in [1.29, 1.82) is 0 Å². The summed E-state index contributed by atoms with van der Waals surface area (Å²) in [6.45, 7) is 2.20. The number of aliphatic hydroxyl groups is 2. The molecule has 1 aliphatic rings. The van der Waals surface area contributed by atoms with Crippen molar-refractivity contribution in [2.45, 2.75) is 89.8 Å². The van der Waals surface area contributed by atoms with Gasteiger partial charge in [0.25, 0.3) is 5.79 Å². The molecule has 144 valence electrons. The zero-order valence-electron chi connectivity index (χ0n) is 15.5. The summed E-state index contributed by atoms with van der Waals surface area (Å²) in [5, 5.41) is 27.1. The minimum atomic E-state index is -2.63. The van der Waals surface area contributed by atoms with Crippen molar-refractivity contribution >= 4 is 11.8 Å². The molecule has 25 heavy (non-hydrogen) atoms. The van der Waals surface area contributed by atoms with Gasteiger partial charge in [0.05, 0.1) is 0 Å². The summed E-state index contributed by atoms with van der Waals surface area (Å²) < 4.78 is 0. The third-order valence-electron chi connectivity index (χ3n) is 5.15. The SMILES string of the molecule is CCCCCC/C=C\[C@H]1CCC(=O)[C@@H]1CCCCCC(O)(O)C(=O)O. The van der Waals surface area contributed by atoms with Crippen LogP contribution in [0.25, 0.3) is 0 Å². The van der Waals surface area contributed by atoms with E-state index in [2.05, 4.69) is 19.1 Å². The summed E-state index contributed by atoms with van der Waals surface area (Å²) in [6.07, 6.45) is 14.7. The Bertz CT molecular complexity index is 441. The van der Waals surface area contributed by atoms with E-state index in [1.807, 2.05) is 0 Å². The lowest BCUT2D eigenvalue weighted by atomic mass is 9.89. The van der Waals surface area contributed by atoms with Crippen molar-refractivity contribution < 1.29 is 24.9 Å². The van der Waals surface area contributed by atoms with Crippen LogP contribution < -0.4 is 0 Å². The van der Waals surface area contributed by atoms with Gasteiger partial charge in [-0.1, -0.05) is 51.2 Å². The molecule has 1 aliphatic carbocycles. The predicted octanol–water partition coefficient (Wildman–Crippen LogP) is 3.82. The van der Waals surface area contributed by atoms with E-state index in [0.29, 0.717) is 31.0 Å². The monoisotopic (exact) mass is 354 g/mol. The maximum absolute atomic E-state index is 12.1.